The Morgan fingerprint density at radius 3 is 2.36 bits per heavy atom. The highest BCUT2D eigenvalue weighted by atomic mass is 16.3. The first kappa shape index (κ1) is 10.7. The molecule has 1 heteroatoms. The van der Waals surface area contributed by atoms with E-state index in [0.717, 1.165) is 12.8 Å². The van der Waals surface area contributed by atoms with Crippen molar-refractivity contribution >= 4 is 0 Å². The molecular weight excluding hydrogens is 136 g/mol. The molecule has 66 valence electrons. The van der Waals surface area contributed by atoms with Crippen LogP contribution in [0.4, 0.5) is 0 Å². The zero-order valence-corrected chi connectivity index (χ0v) is 8.09. The van der Waals surface area contributed by atoms with Gasteiger partial charge in [0.05, 0.1) is 5.60 Å². The standard InChI is InChI=1S/C10H20O/c1-5-10(4,11)8-6-7-9(2)3/h6-7,9,11H,5,8H2,1-4H3. The molecule has 0 radical (unpaired) electrons. The van der Waals surface area contributed by atoms with E-state index in [1.807, 2.05) is 13.8 Å². The third-order valence-corrected chi connectivity index (χ3v) is 1.84. The van der Waals surface area contributed by atoms with Gasteiger partial charge in [0.1, 0.15) is 0 Å². The smallest absolute Gasteiger partial charge is 0.0651 e. The molecule has 1 nitrogen and oxygen atoms in total. The largest absolute Gasteiger partial charge is 0.390 e. The molecule has 0 spiro atoms. The van der Waals surface area contributed by atoms with E-state index >= 15 is 0 Å². The predicted octanol–water partition coefficient (Wildman–Crippen LogP) is 2.75. The van der Waals surface area contributed by atoms with E-state index in [4.69, 9.17) is 0 Å². The SMILES string of the molecule is CCC(C)(O)CC=CC(C)C. The van der Waals surface area contributed by atoms with Crippen molar-refractivity contribution in [2.24, 2.45) is 5.92 Å². The van der Waals surface area contributed by atoms with Gasteiger partial charge in [-0.25, -0.2) is 0 Å². The van der Waals surface area contributed by atoms with Crippen LogP contribution < -0.4 is 0 Å². The van der Waals surface area contributed by atoms with Gasteiger partial charge < -0.3 is 5.11 Å². The summed E-state index contributed by atoms with van der Waals surface area (Å²) in [5, 5.41) is 9.58. The third-order valence-electron chi connectivity index (χ3n) is 1.84. The summed E-state index contributed by atoms with van der Waals surface area (Å²) in [7, 11) is 0. The fourth-order valence-electron chi connectivity index (χ4n) is 0.738. The van der Waals surface area contributed by atoms with Crippen molar-refractivity contribution in [3.05, 3.63) is 12.2 Å². The molecule has 0 rings (SSSR count). The zero-order valence-electron chi connectivity index (χ0n) is 8.09. The van der Waals surface area contributed by atoms with Crippen LogP contribution in [0, 0.1) is 5.92 Å². The Morgan fingerprint density at radius 1 is 1.45 bits per heavy atom. The monoisotopic (exact) mass is 156 g/mol. The van der Waals surface area contributed by atoms with Gasteiger partial charge in [-0.05, 0) is 25.7 Å². The molecule has 1 atom stereocenters. The minimum Gasteiger partial charge on any atom is -0.390 e. The molecule has 0 aliphatic carbocycles. The third kappa shape index (κ3) is 6.11. The molecule has 1 unspecified atom stereocenters. The lowest BCUT2D eigenvalue weighted by atomic mass is 9.98. The van der Waals surface area contributed by atoms with E-state index in [-0.39, 0.29) is 0 Å². The topological polar surface area (TPSA) is 20.2 Å². The van der Waals surface area contributed by atoms with Crippen LogP contribution in [0.2, 0.25) is 0 Å². The van der Waals surface area contributed by atoms with Gasteiger partial charge in [0, 0.05) is 0 Å². The summed E-state index contributed by atoms with van der Waals surface area (Å²) in [6, 6.07) is 0. The lowest BCUT2D eigenvalue weighted by Gasteiger charge is -2.18. The van der Waals surface area contributed by atoms with E-state index in [9.17, 15) is 5.11 Å². The van der Waals surface area contributed by atoms with Crippen molar-refractivity contribution in [3.8, 4) is 0 Å². The molecule has 0 aliphatic heterocycles. The normalized spacial score (nSPS) is 17.6. The number of aliphatic hydroxyl groups is 1. The Kier molecular flexibility index (Phi) is 4.43. The van der Waals surface area contributed by atoms with Crippen molar-refractivity contribution < 1.29 is 5.11 Å². The van der Waals surface area contributed by atoms with Crippen LogP contribution in [-0.2, 0) is 0 Å². The highest BCUT2D eigenvalue weighted by Crippen LogP contribution is 2.14. The van der Waals surface area contributed by atoms with Crippen molar-refractivity contribution in [2.75, 3.05) is 0 Å². The molecule has 0 saturated heterocycles. The molecule has 11 heavy (non-hydrogen) atoms. The average molecular weight is 156 g/mol. The van der Waals surface area contributed by atoms with E-state index in [2.05, 4.69) is 26.0 Å². The van der Waals surface area contributed by atoms with Gasteiger partial charge in [0.2, 0.25) is 0 Å². The molecule has 0 fully saturated rings. The quantitative estimate of drug-likeness (QED) is 0.620. The summed E-state index contributed by atoms with van der Waals surface area (Å²) in [6.07, 6.45) is 5.77. The van der Waals surface area contributed by atoms with Crippen LogP contribution in [0.25, 0.3) is 0 Å². The second-order valence-corrected chi connectivity index (χ2v) is 3.73. The molecule has 0 aliphatic rings. The molecule has 0 saturated carbocycles. The van der Waals surface area contributed by atoms with Crippen LogP contribution >= 0.6 is 0 Å². The Hall–Kier alpha value is -0.300. The van der Waals surface area contributed by atoms with Gasteiger partial charge in [-0.1, -0.05) is 32.9 Å². The molecule has 0 aromatic heterocycles. The second-order valence-electron chi connectivity index (χ2n) is 3.73. The first-order valence-electron chi connectivity index (χ1n) is 4.37. The van der Waals surface area contributed by atoms with Gasteiger partial charge in [0.15, 0.2) is 0 Å². The zero-order chi connectivity index (χ0) is 8.91. The number of hydrogen-bond acceptors (Lipinski definition) is 1. The average Bonchev–Trinajstić information content (AvgIpc) is 1.87. The van der Waals surface area contributed by atoms with Crippen molar-refractivity contribution in [1.29, 1.82) is 0 Å². The Labute approximate surface area is 70.1 Å². The first-order valence-corrected chi connectivity index (χ1v) is 4.37. The van der Waals surface area contributed by atoms with Gasteiger partial charge in [-0.2, -0.15) is 0 Å². The molecule has 1 N–H and O–H groups in total. The molecular formula is C10H20O. The van der Waals surface area contributed by atoms with Gasteiger partial charge >= 0.3 is 0 Å². The van der Waals surface area contributed by atoms with Crippen LogP contribution in [0.1, 0.15) is 40.5 Å². The summed E-state index contributed by atoms with van der Waals surface area (Å²) in [4.78, 5) is 0. The van der Waals surface area contributed by atoms with Crippen molar-refractivity contribution in [3.63, 3.8) is 0 Å². The summed E-state index contributed by atoms with van der Waals surface area (Å²) >= 11 is 0. The van der Waals surface area contributed by atoms with Crippen molar-refractivity contribution in [1.82, 2.24) is 0 Å². The Bertz CT molecular complexity index is 123. The molecule has 0 heterocycles. The van der Waals surface area contributed by atoms with Crippen LogP contribution in [0.5, 0.6) is 0 Å². The molecule has 0 aromatic rings. The fourth-order valence-corrected chi connectivity index (χ4v) is 0.738. The fraction of sp³-hybridized carbons (Fsp3) is 0.800. The lowest BCUT2D eigenvalue weighted by molar-refractivity contribution is 0.0591. The van der Waals surface area contributed by atoms with E-state index in [1.165, 1.54) is 0 Å². The summed E-state index contributed by atoms with van der Waals surface area (Å²) < 4.78 is 0. The van der Waals surface area contributed by atoms with Gasteiger partial charge in [-0.15, -0.1) is 0 Å². The summed E-state index contributed by atoms with van der Waals surface area (Å²) in [6.45, 7) is 8.15. The maximum absolute atomic E-state index is 9.58. The van der Waals surface area contributed by atoms with Gasteiger partial charge in [-0.3, -0.25) is 0 Å². The summed E-state index contributed by atoms with van der Waals surface area (Å²) in [5.41, 5.74) is -0.509. The maximum atomic E-state index is 9.58. The minimum absolute atomic E-state index is 0.509. The number of hydrogen-bond donors (Lipinski definition) is 1. The lowest BCUT2D eigenvalue weighted by Crippen LogP contribution is -2.21. The number of allylic oxidation sites excluding steroid dienone is 1. The first-order chi connectivity index (χ1) is 4.98. The van der Waals surface area contributed by atoms with Crippen molar-refractivity contribution in [2.45, 2.75) is 46.1 Å². The van der Waals surface area contributed by atoms with Crippen LogP contribution in [0.15, 0.2) is 12.2 Å². The molecule has 0 aromatic carbocycles. The number of rotatable bonds is 4. The molecule has 0 bridgehead atoms. The van der Waals surface area contributed by atoms with E-state index in [1.54, 1.807) is 0 Å². The predicted molar refractivity (Wildman–Crippen MR) is 49.5 cm³/mol. The second kappa shape index (κ2) is 4.55. The van der Waals surface area contributed by atoms with E-state index in [0.29, 0.717) is 5.92 Å². The molecule has 0 amide bonds. The highest BCUT2D eigenvalue weighted by molar-refractivity contribution is 4.90. The Balaban J connectivity index is 3.69. The minimum atomic E-state index is -0.509. The van der Waals surface area contributed by atoms with Crippen LogP contribution in [0.3, 0.4) is 0 Å². The maximum Gasteiger partial charge on any atom is 0.0651 e. The highest BCUT2D eigenvalue weighted by Gasteiger charge is 2.14. The summed E-state index contributed by atoms with van der Waals surface area (Å²) in [5.74, 6) is 0.586. The van der Waals surface area contributed by atoms with E-state index < -0.39 is 5.60 Å². The van der Waals surface area contributed by atoms with Crippen LogP contribution in [-0.4, -0.2) is 10.7 Å². The van der Waals surface area contributed by atoms with Gasteiger partial charge in [0.25, 0.3) is 0 Å². The Morgan fingerprint density at radius 2 is 2.00 bits per heavy atom.